The van der Waals surface area contributed by atoms with E-state index in [1.165, 1.54) is 34.2 Å². The molecule has 0 aliphatic heterocycles. The zero-order valence-corrected chi connectivity index (χ0v) is 13.5. The first-order valence-electron chi connectivity index (χ1n) is 8.21. The minimum absolute atomic E-state index is 0.315. The molecule has 3 aromatic carbocycles. The highest BCUT2D eigenvalue weighted by atomic mass is 16.3. The molecule has 0 atom stereocenters. The maximum absolute atomic E-state index is 9.34. The number of hydrogen-bond donors (Lipinski definition) is 1. The summed E-state index contributed by atoms with van der Waals surface area (Å²) in [6, 6.07) is 25.0. The van der Waals surface area contributed by atoms with Crippen LogP contribution in [-0.2, 0) is 12.8 Å². The molecule has 0 aliphatic rings. The maximum atomic E-state index is 9.34. The summed E-state index contributed by atoms with van der Waals surface area (Å²) in [6.45, 7) is 2.21. The van der Waals surface area contributed by atoms with Crippen LogP contribution in [-0.4, -0.2) is 5.11 Å². The van der Waals surface area contributed by atoms with Gasteiger partial charge in [0.1, 0.15) is 5.75 Å². The first-order chi connectivity index (χ1) is 11.2. The van der Waals surface area contributed by atoms with Gasteiger partial charge < -0.3 is 5.11 Å². The van der Waals surface area contributed by atoms with E-state index < -0.39 is 0 Å². The molecule has 0 aromatic heterocycles. The van der Waals surface area contributed by atoms with Gasteiger partial charge >= 0.3 is 0 Å². The van der Waals surface area contributed by atoms with Gasteiger partial charge in [-0.25, -0.2) is 0 Å². The predicted molar refractivity (Wildman–Crippen MR) is 96.8 cm³/mol. The number of benzene rings is 3. The third kappa shape index (κ3) is 4.01. The lowest BCUT2D eigenvalue weighted by atomic mass is 9.99. The fourth-order valence-corrected chi connectivity index (χ4v) is 2.82. The van der Waals surface area contributed by atoms with Gasteiger partial charge in [-0.15, -0.1) is 0 Å². The summed E-state index contributed by atoms with van der Waals surface area (Å²) in [5, 5.41) is 9.34. The predicted octanol–water partition coefficient (Wildman–Crippen LogP) is 5.60. The van der Waals surface area contributed by atoms with Gasteiger partial charge in [0.15, 0.2) is 0 Å². The molecular weight excluding hydrogens is 280 g/mol. The molecule has 0 amide bonds. The number of hydrogen-bond acceptors (Lipinski definition) is 1. The minimum atomic E-state index is 0.315. The average molecular weight is 302 g/mol. The lowest BCUT2D eigenvalue weighted by molar-refractivity contribution is 0.475. The number of aryl methyl sites for hydroxylation is 1. The molecule has 116 valence electrons. The highest BCUT2D eigenvalue weighted by Gasteiger charge is 2.01. The van der Waals surface area contributed by atoms with E-state index in [1.54, 1.807) is 12.1 Å². The molecular formula is C22H22O. The zero-order chi connectivity index (χ0) is 16.1. The van der Waals surface area contributed by atoms with E-state index in [1.807, 2.05) is 12.1 Å². The summed E-state index contributed by atoms with van der Waals surface area (Å²) >= 11 is 0. The minimum Gasteiger partial charge on any atom is -0.508 e. The van der Waals surface area contributed by atoms with Crippen molar-refractivity contribution in [3.8, 4) is 16.9 Å². The second kappa shape index (κ2) is 7.15. The van der Waals surface area contributed by atoms with Crippen molar-refractivity contribution in [3.63, 3.8) is 0 Å². The van der Waals surface area contributed by atoms with Crippen molar-refractivity contribution in [1.29, 1.82) is 0 Å². The number of phenolic OH excluding ortho intramolecular Hbond substituents is 1. The van der Waals surface area contributed by atoms with Gasteiger partial charge in [0, 0.05) is 0 Å². The molecule has 0 aliphatic carbocycles. The summed E-state index contributed by atoms with van der Waals surface area (Å²) in [5.74, 6) is 0.315. The van der Waals surface area contributed by atoms with E-state index in [4.69, 9.17) is 0 Å². The van der Waals surface area contributed by atoms with E-state index in [-0.39, 0.29) is 0 Å². The number of phenols is 1. The largest absolute Gasteiger partial charge is 0.508 e. The Hall–Kier alpha value is -2.54. The van der Waals surface area contributed by atoms with Crippen LogP contribution in [0.1, 0.15) is 30.0 Å². The molecule has 1 nitrogen and oxygen atoms in total. The van der Waals surface area contributed by atoms with E-state index in [0.29, 0.717) is 5.75 Å². The van der Waals surface area contributed by atoms with Gasteiger partial charge in [-0.2, -0.15) is 0 Å². The topological polar surface area (TPSA) is 20.2 Å². The quantitative estimate of drug-likeness (QED) is 0.650. The van der Waals surface area contributed by atoms with Crippen molar-refractivity contribution >= 4 is 0 Å². The monoisotopic (exact) mass is 302 g/mol. The molecule has 1 N–H and O–H groups in total. The first-order valence-corrected chi connectivity index (χ1v) is 8.21. The Morgan fingerprint density at radius 1 is 0.609 bits per heavy atom. The summed E-state index contributed by atoms with van der Waals surface area (Å²) in [5.41, 5.74) is 6.41. The summed E-state index contributed by atoms with van der Waals surface area (Å²) in [7, 11) is 0. The van der Waals surface area contributed by atoms with Gasteiger partial charge in [0.25, 0.3) is 0 Å². The van der Waals surface area contributed by atoms with Crippen molar-refractivity contribution in [2.24, 2.45) is 0 Å². The average Bonchev–Trinajstić information content (AvgIpc) is 2.59. The first kappa shape index (κ1) is 15.4. The maximum Gasteiger partial charge on any atom is 0.115 e. The highest BCUT2D eigenvalue weighted by molar-refractivity contribution is 5.64. The number of rotatable bonds is 5. The molecule has 3 rings (SSSR count). The van der Waals surface area contributed by atoms with Gasteiger partial charge in [0.05, 0.1) is 0 Å². The molecule has 0 bridgehead atoms. The van der Waals surface area contributed by atoms with Crippen molar-refractivity contribution in [2.75, 3.05) is 0 Å². The molecule has 0 saturated carbocycles. The van der Waals surface area contributed by atoms with Crippen LogP contribution in [0.25, 0.3) is 11.1 Å². The smallest absolute Gasteiger partial charge is 0.115 e. The van der Waals surface area contributed by atoms with Crippen molar-refractivity contribution in [2.45, 2.75) is 26.2 Å². The normalized spacial score (nSPS) is 10.7. The Balaban J connectivity index is 1.72. The molecule has 0 saturated heterocycles. The van der Waals surface area contributed by atoms with Gasteiger partial charge in [-0.3, -0.25) is 0 Å². The van der Waals surface area contributed by atoms with Crippen LogP contribution in [0.5, 0.6) is 5.75 Å². The van der Waals surface area contributed by atoms with Gasteiger partial charge in [-0.1, -0.05) is 74.0 Å². The molecule has 0 unspecified atom stereocenters. The van der Waals surface area contributed by atoms with Crippen molar-refractivity contribution in [3.05, 3.63) is 89.5 Å². The third-order valence-electron chi connectivity index (χ3n) is 4.12. The van der Waals surface area contributed by atoms with Crippen LogP contribution >= 0.6 is 0 Å². The van der Waals surface area contributed by atoms with Crippen LogP contribution in [0.4, 0.5) is 0 Å². The fraction of sp³-hybridized carbons (Fsp3) is 0.182. The van der Waals surface area contributed by atoms with Gasteiger partial charge in [0.2, 0.25) is 0 Å². The summed E-state index contributed by atoms with van der Waals surface area (Å²) in [6.07, 6.45) is 3.22. The molecule has 0 spiro atoms. The Morgan fingerprint density at radius 3 is 1.52 bits per heavy atom. The van der Waals surface area contributed by atoms with Crippen LogP contribution in [0.3, 0.4) is 0 Å². The molecule has 1 heteroatoms. The number of aromatic hydroxyl groups is 1. The third-order valence-corrected chi connectivity index (χ3v) is 4.12. The molecule has 0 heterocycles. The Labute approximate surface area is 138 Å². The fourth-order valence-electron chi connectivity index (χ4n) is 2.82. The van der Waals surface area contributed by atoms with Crippen molar-refractivity contribution in [1.82, 2.24) is 0 Å². The second-order valence-electron chi connectivity index (χ2n) is 5.99. The lowest BCUT2D eigenvalue weighted by Gasteiger charge is -2.06. The zero-order valence-electron chi connectivity index (χ0n) is 13.5. The van der Waals surface area contributed by atoms with Crippen LogP contribution in [0.15, 0.2) is 72.8 Å². The molecule has 0 fully saturated rings. The van der Waals surface area contributed by atoms with Crippen LogP contribution in [0, 0.1) is 0 Å². The highest BCUT2D eigenvalue weighted by Crippen LogP contribution is 2.22. The standard InChI is InChI=1S/C22H22O/c1-2-3-17-4-10-20(11-5-17)21-12-6-18(7-13-21)16-19-8-14-22(23)15-9-19/h4-15,23H,2-3,16H2,1H3. The molecule has 3 aromatic rings. The lowest BCUT2D eigenvalue weighted by Crippen LogP contribution is -1.88. The Morgan fingerprint density at radius 2 is 1.04 bits per heavy atom. The van der Waals surface area contributed by atoms with E-state index in [2.05, 4.69) is 55.5 Å². The molecule has 0 radical (unpaired) electrons. The van der Waals surface area contributed by atoms with Crippen molar-refractivity contribution < 1.29 is 5.11 Å². The van der Waals surface area contributed by atoms with Crippen LogP contribution in [0.2, 0.25) is 0 Å². The van der Waals surface area contributed by atoms with E-state index >= 15 is 0 Å². The second-order valence-corrected chi connectivity index (χ2v) is 5.99. The Kier molecular flexibility index (Phi) is 4.77. The van der Waals surface area contributed by atoms with Gasteiger partial charge in [-0.05, 0) is 52.8 Å². The summed E-state index contributed by atoms with van der Waals surface area (Å²) in [4.78, 5) is 0. The van der Waals surface area contributed by atoms with Crippen LogP contribution < -0.4 is 0 Å². The summed E-state index contributed by atoms with van der Waals surface area (Å²) < 4.78 is 0. The van der Waals surface area contributed by atoms with E-state index in [9.17, 15) is 5.11 Å². The Bertz CT molecular complexity index is 737. The van der Waals surface area contributed by atoms with E-state index in [0.717, 1.165) is 12.8 Å². The molecule has 23 heavy (non-hydrogen) atoms. The SMILES string of the molecule is CCCc1ccc(-c2ccc(Cc3ccc(O)cc3)cc2)cc1.